The van der Waals surface area contributed by atoms with Crippen molar-refractivity contribution in [2.45, 2.75) is 31.0 Å². The van der Waals surface area contributed by atoms with Gasteiger partial charge in [0.15, 0.2) is 5.78 Å². The maximum Gasteiger partial charge on any atom is 0.192 e. The molecule has 0 saturated carbocycles. The van der Waals surface area contributed by atoms with E-state index in [1.54, 1.807) is 26.4 Å². The smallest absolute Gasteiger partial charge is 0.192 e. The lowest BCUT2D eigenvalue weighted by Gasteiger charge is -2.51. The molecule has 2 bridgehead atoms. The highest BCUT2D eigenvalue weighted by atomic mass is 16.5. The number of fused-ring (bicyclic) bond motifs is 4. The van der Waals surface area contributed by atoms with Gasteiger partial charge in [0.05, 0.1) is 25.9 Å². The normalized spacial score (nSPS) is 28.2. The topological polar surface area (TPSA) is 71.0 Å². The molecule has 6 heteroatoms. The summed E-state index contributed by atoms with van der Waals surface area (Å²) in [5.41, 5.74) is 2.97. The molecule has 6 atom stereocenters. The summed E-state index contributed by atoms with van der Waals surface area (Å²) in [4.78, 5) is 15.9. The molecule has 0 aromatic heterocycles. The number of hydrogen-bond donors (Lipinski definition) is 2. The van der Waals surface area contributed by atoms with Gasteiger partial charge in [0.1, 0.15) is 17.5 Å². The molecule has 0 amide bonds. The number of hydrogen-bond acceptors (Lipinski definition) is 6. The van der Waals surface area contributed by atoms with E-state index in [4.69, 9.17) is 9.47 Å². The van der Waals surface area contributed by atoms with Gasteiger partial charge in [-0.2, -0.15) is 0 Å². The summed E-state index contributed by atoms with van der Waals surface area (Å²) in [5.74, 6) is 2.18. The van der Waals surface area contributed by atoms with Crippen LogP contribution in [0.15, 0.2) is 61.2 Å². The van der Waals surface area contributed by atoms with Crippen molar-refractivity contribution >= 4 is 17.0 Å². The number of piperidine rings is 3. The number of ether oxygens (including phenoxy) is 2. The molecule has 6 rings (SSSR count). The van der Waals surface area contributed by atoms with E-state index < -0.39 is 12.1 Å². The van der Waals surface area contributed by atoms with Crippen molar-refractivity contribution < 1.29 is 19.4 Å². The zero-order valence-electron chi connectivity index (χ0n) is 19.7. The quantitative estimate of drug-likeness (QED) is 0.480. The molecule has 178 valence electrons. The summed E-state index contributed by atoms with van der Waals surface area (Å²) in [6, 6.07) is 12.4. The number of nitrogens with zero attached hydrogens (tertiary/aromatic N) is 1. The molecule has 2 aromatic carbocycles. The Morgan fingerprint density at radius 3 is 2.76 bits per heavy atom. The largest absolute Gasteiger partial charge is 0.497 e. The molecule has 2 N–H and O–H groups in total. The Bertz CT molecular complexity index is 1130. The third-order valence-corrected chi connectivity index (χ3v) is 7.69. The third-order valence-electron chi connectivity index (χ3n) is 7.69. The molecule has 0 radical (unpaired) electrons. The predicted octanol–water partition coefficient (Wildman–Crippen LogP) is 4.02. The summed E-state index contributed by atoms with van der Waals surface area (Å²) >= 11 is 0. The number of Topliss-reactive ketones (excluding diaryl/α,β-unsaturated/α-hetero) is 1. The van der Waals surface area contributed by atoms with Crippen LogP contribution in [-0.2, 0) is 0 Å². The molecule has 4 aliphatic heterocycles. The third kappa shape index (κ3) is 3.91. The Morgan fingerprint density at radius 1 is 1.24 bits per heavy atom. The Kier molecular flexibility index (Phi) is 6.19. The molecule has 2 aromatic rings. The molecule has 4 aliphatic rings. The summed E-state index contributed by atoms with van der Waals surface area (Å²) in [5, 5.41) is 15.1. The van der Waals surface area contributed by atoms with E-state index in [1.165, 1.54) is 0 Å². The van der Waals surface area contributed by atoms with Crippen molar-refractivity contribution in [1.82, 2.24) is 4.90 Å². The van der Waals surface area contributed by atoms with Gasteiger partial charge in [-0.05, 0) is 73.2 Å². The fourth-order valence-electron chi connectivity index (χ4n) is 5.82. The predicted molar refractivity (Wildman–Crippen MR) is 133 cm³/mol. The molecule has 6 nitrogen and oxygen atoms in total. The van der Waals surface area contributed by atoms with E-state index in [0.717, 1.165) is 42.8 Å². The number of benzene rings is 2. The Hall–Kier alpha value is -3.09. The maximum atomic E-state index is 13.6. The van der Waals surface area contributed by atoms with Crippen LogP contribution in [0, 0.1) is 11.8 Å². The highest BCUT2D eigenvalue weighted by Crippen LogP contribution is 2.43. The van der Waals surface area contributed by atoms with Crippen molar-refractivity contribution in [3.8, 4) is 11.5 Å². The lowest BCUT2D eigenvalue weighted by Crippen LogP contribution is -2.57. The van der Waals surface area contributed by atoms with Gasteiger partial charge in [-0.15, -0.1) is 6.58 Å². The van der Waals surface area contributed by atoms with E-state index in [0.29, 0.717) is 28.9 Å². The van der Waals surface area contributed by atoms with Crippen LogP contribution in [0.25, 0.3) is 5.57 Å². The van der Waals surface area contributed by atoms with Crippen molar-refractivity contribution in [1.29, 1.82) is 0 Å². The SMILES string of the molecule is C=C[C@H]1CN2CCC1C[C@H]2[C@H](O)C1=CC(C(=O)c2ccccc2OC)Nc2ccc(OC)cc21. The van der Waals surface area contributed by atoms with Crippen molar-refractivity contribution in [3.05, 3.63) is 72.3 Å². The number of rotatable bonds is 7. The Morgan fingerprint density at radius 2 is 2.06 bits per heavy atom. The Balaban J connectivity index is 1.52. The maximum absolute atomic E-state index is 13.6. The number of methoxy groups -OCH3 is 2. The van der Waals surface area contributed by atoms with Crippen LogP contribution >= 0.6 is 0 Å². The average molecular weight is 461 g/mol. The fraction of sp³-hybridized carbons (Fsp3) is 0.393. The summed E-state index contributed by atoms with van der Waals surface area (Å²) in [6.07, 6.45) is 5.29. The van der Waals surface area contributed by atoms with Crippen LogP contribution in [0.4, 0.5) is 5.69 Å². The van der Waals surface area contributed by atoms with Gasteiger partial charge in [0.2, 0.25) is 0 Å². The zero-order chi connectivity index (χ0) is 23.8. The van der Waals surface area contributed by atoms with Crippen molar-refractivity contribution in [3.63, 3.8) is 0 Å². The molecule has 0 spiro atoms. The molecule has 3 unspecified atom stereocenters. The molecule has 4 heterocycles. The second-order valence-electron chi connectivity index (χ2n) is 9.41. The van der Waals surface area contributed by atoms with E-state index in [2.05, 4.69) is 22.9 Å². The van der Waals surface area contributed by atoms with Gasteiger partial charge < -0.3 is 19.9 Å². The van der Waals surface area contributed by atoms with E-state index in [-0.39, 0.29) is 11.8 Å². The van der Waals surface area contributed by atoms with Gasteiger partial charge in [-0.1, -0.05) is 18.2 Å². The van der Waals surface area contributed by atoms with Crippen LogP contribution in [0.3, 0.4) is 0 Å². The van der Waals surface area contributed by atoms with Gasteiger partial charge >= 0.3 is 0 Å². The number of para-hydroxylation sites is 1. The highest BCUT2D eigenvalue weighted by molar-refractivity contribution is 6.07. The second-order valence-corrected chi connectivity index (χ2v) is 9.41. The van der Waals surface area contributed by atoms with Gasteiger partial charge in [0.25, 0.3) is 0 Å². The number of carbonyl (C=O) groups excluding carboxylic acids is 1. The zero-order valence-corrected chi connectivity index (χ0v) is 19.7. The van der Waals surface area contributed by atoms with Crippen molar-refractivity contribution in [2.24, 2.45) is 11.8 Å². The summed E-state index contributed by atoms with van der Waals surface area (Å²) < 4.78 is 10.9. The lowest BCUT2D eigenvalue weighted by molar-refractivity contribution is -0.0254. The lowest BCUT2D eigenvalue weighted by atomic mass is 9.73. The van der Waals surface area contributed by atoms with E-state index >= 15 is 0 Å². The average Bonchev–Trinajstić information content (AvgIpc) is 2.91. The number of anilines is 1. The minimum atomic E-state index is -0.713. The van der Waals surface area contributed by atoms with Gasteiger partial charge in [-0.25, -0.2) is 0 Å². The molecule has 34 heavy (non-hydrogen) atoms. The first kappa shape index (κ1) is 22.7. The van der Waals surface area contributed by atoms with E-state index in [1.807, 2.05) is 36.4 Å². The van der Waals surface area contributed by atoms with E-state index in [9.17, 15) is 9.90 Å². The van der Waals surface area contributed by atoms with Crippen LogP contribution in [-0.4, -0.2) is 61.3 Å². The summed E-state index contributed by atoms with van der Waals surface area (Å²) in [7, 11) is 3.20. The molecule has 0 aliphatic carbocycles. The molecular formula is C28H32N2O4. The molecule has 3 saturated heterocycles. The number of aliphatic hydroxyl groups is 1. The first-order valence-electron chi connectivity index (χ1n) is 11.9. The summed E-state index contributed by atoms with van der Waals surface area (Å²) in [6.45, 7) is 5.92. The standard InChI is InChI=1S/C28H32N2O4/c1-4-17-16-30-12-11-18(17)13-25(30)28(32)22-15-24(27(31)20-7-5-6-8-26(20)34-3)29-23-10-9-19(33-2)14-21(22)23/h4-10,14-15,17-18,24-25,28-29,32H,1,11-13,16H2,2-3H3/t17-,18?,24?,25-,28+/m0/s1. The highest BCUT2D eigenvalue weighted by Gasteiger charge is 2.43. The molecule has 3 fully saturated rings. The van der Waals surface area contributed by atoms with Gasteiger partial charge in [0, 0.05) is 23.8 Å². The van der Waals surface area contributed by atoms with Gasteiger partial charge in [-0.3, -0.25) is 9.69 Å². The van der Waals surface area contributed by atoms with Crippen LogP contribution in [0.2, 0.25) is 0 Å². The van der Waals surface area contributed by atoms with Crippen LogP contribution in [0.5, 0.6) is 11.5 Å². The minimum Gasteiger partial charge on any atom is -0.497 e. The second kappa shape index (κ2) is 9.28. The number of carbonyl (C=O) groups is 1. The monoisotopic (exact) mass is 460 g/mol. The van der Waals surface area contributed by atoms with Crippen molar-refractivity contribution in [2.75, 3.05) is 32.6 Å². The number of aliphatic hydroxyl groups excluding tert-OH is 1. The number of ketones is 1. The minimum absolute atomic E-state index is 0.0142. The van der Waals surface area contributed by atoms with Crippen LogP contribution < -0.4 is 14.8 Å². The van der Waals surface area contributed by atoms with Crippen LogP contribution in [0.1, 0.15) is 28.8 Å². The Labute approximate surface area is 200 Å². The first-order chi connectivity index (χ1) is 16.5. The first-order valence-corrected chi connectivity index (χ1v) is 11.9. The molecular weight excluding hydrogens is 428 g/mol. The number of nitrogens with one attached hydrogen (secondary N) is 1. The fourth-order valence-corrected chi connectivity index (χ4v) is 5.82.